The summed E-state index contributed by atoms with van der Waals surface area (Å²) in [5.74, 6) is -2.60. The first-order valence-electron chi connectivity index (χ1n) is 11.6. The highest BCUT2D eigenvalue weighted by molar-refractivity contribution is 6.24. The largest absolute Gasteiger partial charge is 0.466 e. The van der Waals surface area contributed by atoms with Crippen molar-refractivity contribution in [2.75, 3.05) is 24.4 Å². The lowest BCUT2D eigenvalue weighted by Gasteiger charge is -2.50. The number of fused-ring (bicyclic) bond motifs is 2. The number of nitrogens with one attached hydrogen (secondary N) is 1. The van der Waals surface area contributed by atoms with Crippen LogP contribution in [0.15, 0.2) is 77.0 Å². The van der Waals surface area contributed by atoms with Crippen LogP contribution >= 0.6 is 0 Å². The Hall–Kier alpha value is -4.20. The lowest BCUT2D eigenvalue weighted by Crippen LogP contribution is -2.58. The minimum absolute atomic E-state index is 0.0910. The molecule has 1 N–H and O–H groups in total. The fourth-order valence-electron chi connectivity index (χ4n) is 5.68. The number of benzene rings is 2. The molecule has 2 aromatic rings. The smallest absolute Gasteiger partial charge is 0.339 e. The highest BCUT2D eigenvalue weighted by Gasteiger charge is 2.63. The summed E-state index contributed by atoms with van der Waals surface area (Å²) in [6.45, 7) is 3.93. The summed E-state index contributed by atoms with van der Waals surface area (Å²) in [6, 6.07) is 16.1. The SMILES string of the molecule is COC(=O)C1=C(C(=O)OC)C2(C(=O)Nc3ccccc32)N(c2ccccc2)C2=C1C(=O)CC(C)(C)C2. The molecule has 184 valence electrons. The molecule has 1 spiro atoms. The molecule has 0 bridgehead atoms. The van der Waals surface area contributed by atoms with E-state index in [1.165, 1.54) is 14.2 Å². The topological polar surface area (TPSA) is 102 Å². The minimum atomic E-state index is -1.80. The van der Waals surface area contributed by atoms with Gasteiger partial charge in [0.1, 0.15) is 0 Å². The maximum Gasteiger partial charge on any atom is 0.339 e. The number of ether oxygens (including phenoxy) is 2. The molecule has 8 heteroatoms. The molecule has 1 aliphatic carbocycles. The molecule has 0 saturated heterocycles. The fraction of sp³-hybridized carbons (Fsp3) is 0.286. The second-order valence-corrected chi connectivity index (χ2v) is 9.88. The van der Waals surface area contributed by atoms with Crippen LogP contribution in [-0.4, -0.2) is 37.8 Å². The molecule has 36 heavy (non-hydrogen) atoms. The Balaban J connectivity index is 2.01. The maximum absolute atomic E-state index is 14.1. The monoisotopic (exact) mass is 486 g/mol. The molecule has 2 aromatic carbocycles. The van der Waals surface area contributed by atoms with Gasteiger partial charge in [0.05, 0.1) is 30.9 Å². The van der Waals surface area contributed by atoms with Gasteiger partial charge in [0, 0.05) is 29.1 Å². The van der Waals surface area contributed by atoms with Gasteiger partial charge in [-0.1, -0.05) is 50.2 Å². The Morgan fingerprint density at radius 2 is 1.53 bits per heavy atom. The molecule has 2 heterocycles. The number of carbonyl (C=O) groups is 4. The van der Waals surface area contributed by atoms with Crippen LogP contribution in [0.3, 0.4) is 0 Å². The molecule has 0 radical (unpaired) electrons. The minimum Gasteiger partial charge on any atom is -0.466 e. The summed E-state index contributed by atoms with van der Waals surface area (Å²) in [6.07, 6.45) is 0.550. The van der Waals surface area contributed by atoms with Crippen LogP contribution in [0.25, 0.3) is 0 Å². The van der Waals surface area contributed by atoms with Crippen LogP contribution in [-0.2, 0) is 34.2 Å². The van der Waals surface area contributed by atoms with E-state index >= 15 is 0 Å². The summed E-state index contributed by atoms with van der Waals surface area (Å²) >= 11 is 0. The zero-order valence-electron chi connectivity index (χ0n) is 20.5. The number of allylic oxidation sites excluding steroid dienone is 1. The highest BCUT2D eigenvalue weighted by atomic mass is 16.5. The van der Waals surface area contributed by atoms with Crippen LogP contribution in [0.4, 0.5) is 11.4 Å². The highest BCUT2D eigenvalue weighted by Crippen LogP contribution is 2.57. The Kier molecular flexibility index (Phi) is 5.35. The van der Waals surface area contributed by atoms with E-state index in [4.69, 9.17) is 9.47 Å². The van der Waals surface area contributed by atoms with Crippen molar-refractivity contribution < 1.29 is 28.7 Å². The van der Waals surface area contributed by atoms with Crippen LogP contribution in [0.1, 0.15) is 32.3 Å². The number of nitrogens with zero attached hydrogens (tertiary/aromatic N) is 1. The van der Waals surface area contributed by atoms with Crippen LogP contribution in [0.5, 0.6) is 0 Å². The van der Waals surface area contributed by atoms with E-state index in [1.807, 2.05) is 44.2 Å². The van der Waals surface area contributed by atoms with Gasteiger partial charge < -0.3 is 19.7 Å². The summed E-state index contributed by atoms with van der Waals surface area (Å²) < 4.78 is 10.2. The van der Waals surface area contributed by atoms with E-state index in [0.29, 0.717) is 29.1 Å². The number of rotatable bonds is 3. The summed E-state index contributed by atoms with van der Waals surface area (Å²) in [5.41, 5.74) is -0.580. The van der Waals surface area contributed by atoms with Crippen LogP contribution in [0.2, 0.25) is 0 Å². The van der Waals surface area contributed by atoms with Crippen molar-refractivity contribution in [3.8, 4) is 0 Å². The van der Waals surface area contributed by atoms with Crippen LogP contribution < -0.4 is 10.2 Å². The molecule has 5 rings (SSSR count). The Morgan fingerprint density at radius 1 is 0.889 bits per heavy atom. The molecule has 8 nitrogen and oxygen atoms in total. The normalized spacial score (nSPS) is 22.3. The first kappa shape index (κ1) is 23.5. The van der Waals surface area contributed by atoms with Crippen LogP contribution in [0, 0.1) is 5.41 Å². The maximum atomic E-state index is 14.1. The lowest BCUT2D eigenvalue weighted by atomic mass is 9.67. The van der Waals surface area contributed by atoms with Crippen molar-refractivity contribution in [3.05, 3.63) is 82.6 Å². The number of methoxy groups -OCH3 is 2. The number of Topliss-reactive ketones (excluding diaryl/α,β-unsaturated/α-hetero) is 1. The standard InChI is InChI=1S/C28H26N2O6/c1-27(2)14-19-21(20(31)15-27)22(24(32)35-3)23(25(33)36-4)28(30(19)16-10-6-5-7-11-16)17-12-8-9-13-18(17)29-26(28)34/h5-13H,14-15H2,1-4H3,(H,29,34). The number of para-hydroxylation sites is 2. The Morgan fingerprint density at radius 3 is 2.19 bits per heavy atom. The first-order valence-corrected chi connectivity index (χ1v) is 11.6. The van der Waals surface area contributed by atoms with Crippen molar-refractivity contribution >= 4 is 35.0 Å². The van der Waals surface area contributed by atoms with Gasteiger partial charge in [-0.25, -0.2) is 9.59 Å². The average Bonchev–Trinajstić information content (AvgIpc) is 3.14. The molecule has 1 atom stereocenters. The molecular formula is C28H26N2O6. The number of amides is 1. The van der Waals surface area contributed by atoms with Gasteiger partial charge in [-0.05, 0) is 30.0 Å². The number of carbonyl (C=O) groups excluding carboxylic acids is 4. The van der Waals surface area contributed by atoms with Gasteiger partial charge in [-0.2, -0.15) is 0 Å². The number of esters is 2. The molecule has 2 aliphatic heterocycles. The zero-order valence-corrected chi connectivity index (χ0v) is 20.5. The van der Waals surface area contributed by atoms with E-state index in [9.17, 15) is 19.2 Å². The number of anilines is 2. The average molecular weight is 487 g/mol. The predicted octanol–water partition coefficient (Wildman–Crippen LogP) is 3.64. The first-order chi connectivity index (χ1) is 17.2. The van der Waals surface area contributed by atoms with Crippen molar-refractivity contribution in [2.24, 2.45) is 5.41 Å². The Labute approximate surface area is 208 Å². The van der Waals surface area contributed by atoms with E-state index in [1.54, 1.807) is 29.2 Å². The molecule has 0 fully saturated rings. The zero-order chi connectivity index (χ0) is 25.8. The van der Waals surface area contributed by atoms with Gasteiger partial charge in [-0.3, -0.25) is 9.59 Å². The second-order valence-electron chi connectivity index (χ2n) is 9.88. The van der Waals surface area contributed by atoms with E-state index < -0.39 is 28.8 Å². The summed E-state index contributed by atoms with van der Waals surface area (Å²) in [7, 11) is 2.36. The molecule has 1 amide bonds. The van der Waals surface area contributed by atoms with Crippen molar-refractivity contribution in [2.45, 2.75) is 32.2 Å². The van der Waals surface area contributed by atoms with Crippen molar-refractivity contribution in [1.82, 2.24) is 0 Å². The van der Waals surface area contributed by atoms with E-state index in [0.717, 1.165) is 0 Å². The third kappa shape index (κ3) is 3.13. The van der Waals surface area contributed by atoms with Gasteiger partial charge in [0.15, 0.2) is 11.3 Å². The van der Waals surface area contributed by atoms with E-state index in [-0.39, 0.29) is 28.9 Å². The number of ketones is 1. The molecule has 0 aromatic heterocycles. The number of hydrogen-bond acceptors (Lipinski definition) is 7. The molecule has 1 unspecified atom stereocenters. The van der Waals surface area contributed by atoms with Gasteiger partial charge in [-0.15, -0.1) is 0 Å². The Bertz CT molecular complexity index is 1390. The predicted molar refractivity (Wildman–Crippen MR) is 132 cm³/mol. The van der Waals surface area contributed by atoms with Gasteiger partial charge in [0.2, 0.25) is 0 Å². The number of hydrogen-bond donors (Lipinski definition) is 1. The van der Waals surface area contributed by atoms with Crippen molar-refractivity contribution in [1.29, 1.82) is 0 Å². The second kappa shape index (κ2) is 8.19. The quantitative estimate of drug-likeness (QED) is 0.661. The lowest BCUT2D eigenvalue weighted by molar-refractivity contribution is -0.141. The molecule has 3 aliphatic rings. The van der Waals surface area contributed by atoms with E-state index in [2.05, 4.69) is 5.32 Å². The van der Waals surface area contributed by atoms with Gasteiger partial charge >= 0.3 is 11.9 Å². The fourth-order valence-corrected chi connectivity index (χ4v) is 5.68. The third-order valence-electron chi connectivity index (χ3n) is 7.01. The summed E-state index contributed by atoms with van der Waals surface area (Å²) in [5, 5.41) is 2.89. The van der Waals surface area contributed by atoms with Gasteiger partial charge in [0.25, 0.3) is 5.91 Å². The third-order valence-corrected chi connectivity index (χ3v) is 7.01. The summed E-state index contributed by atoms with van der Waals surface area (Å²) in [4.78, 5) is 56.4. The van der Waals surface area contributed by atoms with Crippen molar-refractivity contribution in [3.63, 3.8) is 0 Å². The molecular weight excluding hydrogens is 460 g/mol. The molecule has 0 saturated carbocycles.